The number of hydrogen-bond donors (Lipinski definition) is 1. The third kappa shape index (κ3) is 3.91. The average molecular weight is 439 g/mol. The molecule has 1 unspecified atom stereocenters. The van der Waals surface area contributed by atoms with Gasteiger partial charge in [0, 0.05) is 18.9 Å². The predicted molar refractivity (Wildman–Crippen MR) is 128 cm³/mol. The summed E-state index contributed by atoms with van der Waals surface area (Å²) in [6, 6.07) is 20.8. The van der Waals surface area contributed by atoms with Crippen molar-refractivity contribution >= 4 is 5.65 Å². The molecule has 166 valence electrons. The molecule has 0 spiro atoms. The number of benzene rings is 2. The first-order chi connectivity index (χ1) is 16.2. The molecule has 0 bridgehead atoms. The van der Waals surface area contributed by atoms with E-state index in [2.05, 4.69) is 87.5 Å². The van der Waals surface area contributed by atoms with Gasteiger partial charge in [0.2, 0.25) is 0 Å². The van der Waals surface area contributed by atoms with Gasteiger partial charge >= 0.3 is 0 Å². The van der Waals surface area contributed by atoms with Gasteiger partial charge in [0.15, 0.2) is 5.82 Å². The molecule has 0 saturated heterocycles. The van der Waals surface area contributed by atoms with E-state index in [1.54, 1.807) is 7.11 Å². The van der Waals surface area contributed by atoms with Crippen LogP contribution in [0.1, 0.15) is 42.0 Å². The van der Waals surface area contributed by atoms with E-state index < -0.39 is 0 Å². The van der Waals surface area contributed by atoms with Gasteiger partial charge in [-0.2, -0.15) is 0 Å². The number of imidazole rings is 1. The highest BCUT2D eigenvalue weighted by Crippen LogP contribution is 2.33. The van der Waals surface area contributed by atoms with Crippen LogP contribution in [0.3, 0.4) is 0 Å². The van der Waals surface area contributed by atoms with E-state index in [0.29, 0.717) is 5.82 Å². The summed E-state index contributed by atoms with van der Waals surface area (Å²) in [5.74, 6) is 0.648. The Morgan fingerprint density at radius 2 is 1.79 bits per heavy atom. The van der Waals surface area contributed by atoms with Crippen LogP contribution in [-0.2, 0) is 11.2 Å². The summed E-state index contributed by atoms with van der Waals surface area (Å²) in [4.78, 5) is 4.85. The van der Waals surface area contributed by atoms with Crippen molar-refractivity contribution in [1.29, 1.82) is 0 Å². The number of rotatable bonds is 7. The summed E-state index contributed by atoms with van der Waals surface area (Å²) < 4.78 is 8.16. The SMILES string of the molecule is CCCc1cn2c(C(OC)c3ccc(-c4ccccc4-c4nnn[nH]4)cc3)ccc(C)c2n1. The topological polar surface area (TPSA) is 81.0 Å². The molecule has 0 saturated carbocycles. The summed E-state index contributed by atoms with van der Waals surface area (Å²) in [7, 11) is 1.75. The van der Waals surface area contributed by atoms with Gasteiger partial charge in [0.1, 0.15) is 11.8 Å². The van der Waals surface area contributed by atoms with E-state index >= 15 is 0 Å². The number of nitrogens with one attached hydrogen (secondary N) is 1. The van der Waals surface area contributed by atoms with Crippen LogP contribution in [-0.4, -0.2) is 37.1 Å². The number of aromatic nitrogens is 6. The van der Waals surface area contributed by atoms with Gasteiger partial charge in [0.05, 0.1) is 11.4 Å². The molecule has 33 heavy (non-hydrogen) atoms. The van der Waals surface area contributed by atoms with Crippen LogP contribution < -0.4 is 0 Å². The summed E-state index contributed by atoms with van der Waals surface area (Å²) in [5, 5.41) is 14.4. The first-order valence-electron chi connectivity index (χ1n) is 11.1. The van der Waals surface area contributed by atoms with Gasteiger partial charge in [-0.25, -0.2) is 10.1 Å². The molecule has 2 aromatic carbocycles. The van der Waals surface area contributed by atoms with Crippen LogP contribution in [0.15, 0.2) is 66.9 Å². The van der Waals surface area contributed by atoms with Crippen molar-refractivity contribution in [3.05, 3.63) is 89.4 Å². The van der Waals surface area contributed by atoms with Crippen molar-refractivity contribution in [3.63, 3.8) is 0 Å². The minimum Gasteiger partial charge on any atom is -0.370 e. The van der Waals surface area contributed by atoms with Crippen molar-refractivity contribution in [2.45, 2.75) is 32.8 Å². The Hall–Kier alpha value is -3.84. The highest BCUT2D eigenvalue weighted by atomic mass is 16.5. The van der Waals surface area contributed by atoms with E-state index in [1.807, 2.05) is 18.2 Å². The first kappa shape index (κ1) is 21.0. The second-order valence-corrected chi connectivity index (χ2v) is 8.15. The van der Waals surface area contributed by atoms with Crippen molar-refractivity contribution in [3.8, 4) is 22.5 Å². The molecule has 7 heteroatoms. The zero-order valence-corrected chi connectivity index (χ0v) is 19.0. The number of H-pyrrole nitrogens is 1. The third-order valence-electron chi connectivity index (χ3n) is 5.95. The van der Waals surface area contributed by atoms with E-state index in [9.17, 15) is 0 Å². The van der Waals surface area contributed by atoms with Crippen LogP contribution in [0.2, 0.25) is 0 Å². The summed E-state index contributed by atoms with van der Waals surface area (Å²) >= 11 is 0. The maximum absolute atomic E-state index is 5.99. The zero-order valence-electron chi connectivity index (χ0n) is 19.0. The fourth-order valence-corrected chi connectivity index (χ4v) is 4.34. The zero-order chi connectivity index (χ0) is 22.8. The first-order valence-corrected chi connectivity index (χ1v) is 11.1. The molecule has 7 nitrogen and oxygen atoms in total. The monoisotopic (exact) mass is 438 g/mol. The largest absolute Gasteiger partial charge is 0.370 e. The molecule has 5 rings (SSSR count). The molecular weight excluding hydrogens is 412 g/mol. The number of ether oxygens (including phenoxy) is 1. The van der Waals surface area contributed by atoms with Crippen molar-refractivity contribution in [2.75, 3.05) is 7.11 Å². The van der Waals surface area contributed by atoms with Crippen LogP contribution in [0.25, 0.3) is 28.2 Å². The molecule has 1 atom stereocenters. The number of nitrogens with zero attached hydrogens (tertiary/aromatic N) is 5. The molecule has 5 aromatic rings. The van der Waals surface area contributed by atoms with Crippen LogP contribution in [0.5, 0.6) is 0 Å². The van der Waals surface area contributed by atoms with Gasteiger partial charge in [-0.3, -0.25) is 0 Å². The normalized spacial score (nSPS) is 12.3. The van der Waals surface area contributed by atoms with Crippen LogP contribution >= 0.6 is 0 Å². The lowest BCUT2D eigenvalue weighted by atomic mass is 9.96. The van der Waals surface area contributed by atoms with E-state index in [0.717, 1.165) is 57.7 Å². The van der Waals surface area contributed by atoms with Crippen LogP contribution in [0, 0.1) is 6.92 Å². The molecule has 0 aliphatic carbocycles. The van der Waals surface area contributed by atoms with E-state index in [-0.39, 0.29) is 6.10 Å². The fourth-order valence-electron chi connectivity index (χ4n) is 4.34. The minimum atomic E-state index is -0.209. The Morgan fingerprint density at radius 3 is 2.48 bits per heavy atom. The average Bonchev–Trinajstić information content (AvgIpc) is 3.53. The molecule has 3 aromatic heterocycles. The van der Waals surface area contributed by atoms with Gasteiger partial charge in [-0.05, 0) is 52.1 Å². The van der Waals surface area contributed by atoms with Gasteiger partial charge in [-0.1, -0.05) is 67.9 Å². The summed E-state index contributed by atoms with van der Waals surface area (Å²) in [6.07, 6.45) is 3.97. The summed E-state index contributed by atoms with van der Waals surface area (Å²) in [6.45, 7) is 4.27. The number of fused-ring (bicyclic) bond motifs is 1. The van der Waals surface area contributed by atoms with Crippen molar-refractivity contribution in [2.24, 2.45) is 0 Å². The number of hydrogen-bond acceptors (Lipinski definition) is 5. The maximum Gasteiger partial charge on any atom is 0.180 e. The molecule has 0 aliphatic rings. The molecule has 3 heterocycles. The Labute approximate surface area is 192 Å². The lowest BCUT2D eigenvalue weighted by Gasteiger charge is -2.19. The molecule has 0 aliphatic heterocycles. The second kappa shape index (κ2) is 8.96. The highest BCUT2D eigenvalue weighted by molar-refractivity contribution is 5.80. The summed E-state index contributed by atoms with van der Waals surface area (Å²) in [5.41, 5.74) is 8.51. The fraction of sp³-hybridized carbons (Fsp3) is 0.231. The quantitative estimate of drug-likeness (QED) is 0.379. The van der Waals surface area contributed by atoms with Gasteiger partial charge < -0.3 is 9.14 Å². The highest BCUT2D eigenvalue weighted by Gasteiger charge is 2.19. The Morgan fingerprint density at radius 1 is 1.00 bits per heavy atom. The number of methoxy groups -OCH3 is 1. The molecule has 0 radical (unpaired) electrons. The number of aryl methyl sites for hydroxylation is 2. The molecule has 0 amide bonds. The molecular formula is C26H26N6O. The molecule has 0 fully saturated rings. The number of aromatic amines is 1. The van der Waals surface area contributed by atoms with Crippen molar-refractivity contribution < 1.29 is 4.74 Å². The third-order valence-corrected chi connectivity index (χ3v) is 5.95. The Bertz CT molecular complexity index is 1370. The Kier molecular flexibility index (Phi) is 5.71. The second-order valence-electron chi connectivity index (χ2n) is 8.15. The standard InChI is InChI=1S/C26H26N6O/c1-4-7-20-16-32-23(15-10-17(2)26(32)27-20)24(33-3)19-13-11-18(12-14-19)21-8-5-6-9-22(21)25-28-30-31-29-25/h5-6,8-16,24H,4,7H2,1-3H3,(H,28,29,30,31). The molecule has 1 N–H and O–H groups in total. The lowest BCUT2D eigenvalue weighted by Crippen LogP contribution is -2.09. The van der Waals surface area contributed by atoms with Crippen molar-refractivity contribution in [1.82, 2.24) is 30.0 Å². The van der Waals surface area contributed by atoms with E-state index in [1.165, 1.54) is 0 Å². The maximum atomic E-state index is 5.99. The van der Waals surface area contributed by atoms with E-state index in [4.69, 9.17) is 9.72 Å². The van der Waals surface area contributed by atoms with Crippen LogP contribution in [0.4, 0.5) is 0 Å². The van der Waals surface area contributed by atoms with Gasteiger partial charge in [-0.15, -0.1) is 5.10 Å². The van der Waals surface area contributed by atoms with Gasteiger partial charge in [0.25, 0.3) is 0 Å². The number of tetrazole rings is 1. The minimum absolute atomic E-state index is 0.209. The predicted octanol–water partition coefficient (Wildman–Crippen LogP) is 5.18. The lowest BCUT2D eigenvalue weighted by molar-refractivity contribution is 0.132. The Balaban J connectivity index is 1.53. The smallest absolute Gasteiger partial charge is 0.180 e. The number of pyridine rings is 1.